The minimum Gasteiger partial charge on any atom is -0.329 e. The standard InChI is InChI=1S/C16H32N2/c1-16(2)9-11-18(12-10-16)15(13-17)14-7-5-3-4-6-8-14/h14-15H,3-13,17H2,1-2H3. The topological polar surface area (TPSA) is 29.3 Å². The lowest BCUT2D eigenvalue weighted by Gasteiger charge is -2.43. The molecule has 1 heterocycles. The highest BCUT2D eigenvalue weighted by Gasteiger charge is 2.32. The zero-order valence-electron chi connectivity index (χ0n) is 12.5. The number of nitrogens with two attached hydrogens (primary N) is 1. The maximum absolute atomic E-state index is 6.11. The Hall–Kier alpha value is -0.0800. The summed E-state index contributed by atoms with van der Waals surface area (Å²) in [6.45, 7) is 8.22. The van der Waals surface area contributed by atoms with Gasteiger partial charge in [-0.1, -0.05) is 39.5 Å². The molecule has 2 N–H and O–H groups in total. The molecule has 0 aromatic carbocycles. The van der Waals surface area contributed by atoms with Gasteiger partial charge in [0, 0.05) is 12.6 Å². The third kappa shape index (κ3) is 3.71. The van der Waals surface area contributed by atoms with Gasteiger partial charge in [-0.3, -0.25) is 4.90 Å². The number of piperidine rings is 1. The van der Waals surface area contributed by atoms with Crippen molar-refractivity contribution >= 4 is 0 Å². The smallest absolute Gasteiger partial charge is 0.0246 e. The summed E-state index contributed by atoms with van der Waals surface area (Å²) >= 11 is 0. The van der Waals surface area contributed by atoms with Crippen molar-refractivity contribution in [2.75, 3.05) is 19.6 Å². The van der Waals surface area contributed by atoms with E-state index in [4.69, 9.17) is 5.73 Å². The van der Waals surface area contributed by atoms with Crippen LogP contribution in [0, 0.1) is 11.3 Å². The van der Waals surface area contributed by atoms with Gasteiger partial charge in [-0.2, -0.15) is 0 Å². The molecule has 18 heavy (non-hydrogen) atoms. The summed E-state index contributed by atoms with van der Waals surface area (Å²) in [6, 6.07) is 0.666. The Bertz CT molecular complexity index is 231. The number of nitrogens with zero attached hydrogens (tertiary/aromatic N) is 1. The van der Waals surface area contributed by atoms with Gasteiger partial charge in [0.1, 0.15) is 0 Å². The molecule has 2 aliphatic rings. The van der Waals surface area contributed by atoms with Crippen LogP contribution in [0.25, 0.3) is 0 Å². The summed E-state index contributed by atoms with van der Waals surface area (Å²) < 4.78 is 0. The molecule has 1 unspecified atom stereocenters. The Morgan fingerprint density at radius 1 is 1.06 bits per heavy atom. The summed E-state index contributed by atoms with van der Waals surface area (Å²) in [4.78, 5) is 2.71. The van der Waals surface area contributed by atoms with E-state index in [9.17, 15) is 0 Å². The number of hydrogen-bond acceptors (Lipinski definition) is 2. The van der Waals surface area contributed by atoms with Gasteiger partial charge in [0.2, 0.25) is 0 Å². The van der Waals surface area contributed by atoms with Crippen LogP contribution in [0.5, 0.6) is 0 Å². The van der Waals surface area contributed by atoms with Crippen molar-refractivity contribution in [2.45, 2.75) is 71.3 Å². The van der Waals surface area contributed by atoms with Gasteiger partial charge in [0.15, 0.2) is 0 Å². The van der Waals surface area contributed by atoms with Gasteiger partial charge in [0.25, 0.3) is 0 Å². The Morgan fingerprint density at radius 2 is 1.61 bits per heavy atom. The van der Waals surface area contributed by atoms with Crippen molar-refractivity contribution in [3.8, 4) is 0 Å². The third-order valence-corrected chi connectivity index (χ3v) is 5.31. The van der Waals surface area contributed by atoms with Crippen LogP contribution in [-0.4, -0.2) is 30.6 Å². The van der Waals surface area contributed by atoms with E-state index in [1.165, 1.54) is 64.5 Å². The molecule has 0 bridgehead atoms. The van der Waals surface area contributed by atoms with Crippen molar-refractivity contribution in [1.29, 1.82) is 0 Å². The van der Waals surface area contributed by atoms with Gasteiger partial charge in [-0.25, -0.2) is 0 Å². The van der Waals surface area contributed by atoms with E-state index in [0.717, 1.165) is 12.5 Å². The molecule has 106 valence electrons. The molecule has 0 aromatic heterocycles. The zero-order valence-corrected chi connectivity index (χ0v) is 12.5. The quantitative estimate of drug-likeness (QED) is 0.780. The fourth-order valence-corrected chi connectivity index (χ4v) is 3.80. The second-order valence-corrected chi connectivity index (χ2v) is 7.25. The highest BCUT2D eigenvalue weighted by Crippen LogP contribution is 2.34. The minimum atomic E-state index is 0.555. The molecule has 0 spiro atoms. The molecule has 2 nitrogen and oxygen atoms in total. The maximum Gasteiger partial charge on any atom is 0.0246 e. The van der Waals surface area contributed by atoms with E-state index in [1.54, 1.807) is 0 Å². The lowest BCUT2D eigenvalue weighted by Crippen LogP contribution is -2.50. The van der Waals surface area contributed by atoms with Crippen LogP contribution in [0.1, 0.15) is 65.2 Å². The minimum absolute atomic E-state index is 0.555. The summed E-state index contributed by atoms with van der Waals surface area (Å²) in [7, 11) is 0. The van der Waals surface area contributed by atoms with Gasteiger partial charge in [-0.15, -0.1) is 0 Å². The molecule has 1 atom stereocenters. The molecule has 1 aliphatic carbocycles. The summed E-state index contributed by atoms with van der Waals surface area (Å²) in [5, 5.41) is 0. The molecule has 0 aromatic rings. The summed E-state index contributed by atoms with van der Waals surface area (Å²) in [5.74, 6) is 0.874. The molecule has 2 heteroatoms. The highest BCUT2D eigenvalue weighted by atomic mass is 15.2. The summed E-state index contributed by atoms with van der Waals surface area (Å²) in [6.07, 6.45) is 11.3. The molecule has 1 aliphatic heterocycles. The first-order chi connectivity index (χ1) is 8.62. The second kappa shape index (κ2) is 6.38. The number of hydrogen-bond donors (Lipinski definition) is 1. The lowest BCUT2D eigenvalue weighted by molar-refractivity contribution is 0.0653. The molecule has 0 amide bonds. The molecule has 2 fully saturated rings. The molecule has 2 rings (SSSR count). The fraction of sp³-hybridized carbons (Fsp3) is 1.00. The van der Waals surface area contributed by atoms with E-state index >= 15 is 0 Å². The van der Waals surface area contributed by atoms with Crippen molar-refractivity contribution in [3.63, 3.8) is 0 Å². The lowest BCUT2D eigenvalue weighted by atomic mass is 9.81. The van der Waals surface area contributed by atoms with Crippen LogP contribution in [-0.2, 0) is 0 Å². The first kappa shape index (κ1) is 14.3. The third-order valence-electron chi connectivity index (χ3n) is 5.31. The van der Waals surface area contributed by atoms with Crippen molar-refractivity contribution in [2.24, 2.45) is 17.1 Å². The maximum atomic E-state index is 6.11. The van der Waals surface area contributed by atoms with Gasteiger partial charge in [0.05, 0.1) is 0 Å². The SMILES string of the molecule is CC1(C)CCN(C(CN)C2CCCCCC2)CC1. The largest absolute Gasteiger partial charge is 0.329 e. The Balaban J connectivity index is 1.91. The van der Waals surface area contributed by atoms with E-state index in [1.807, 2.05) is 0 Å². The van der Waals surface area contributed by atoms with Gasteiger partial charge >= 0.3 is 0 Å². The average molecular weight is 252 g/mol. The van der Waals surface area contributed by atoms with E-state index in [2.05, 4.69) is 18.7 Å². The number of rotatable bonds is 3. The van der Waals surface area contributed by atoms with Gasteiger partial charge in [-0.05, 0) is 50.1 Å². The Labute approximate surface area is 113 Å². The molecule has 0 radical (unpaired) electrons. The van der Waals surface area contributed by atoms with Crippen LogP contribution in [0.15, 0.2) is 0 Å². The van der Waals surface area contributed by atoms with Crippen LogP contribution in [0.2, 0.25) is 0 Å². The second-order valence-electron chi connectivity index (χ2n) is 7.25. The van der Waals surface area contributed by atoms with Crippen molar-refractivity contribution < 1.29 is 0 Å². The first-order valence-corrected chi connectivity index (χ1v) is 8.06. The monoisotopic (exact) mass is 252 g/mol. The van der Waals surface area contributed by atoms with Crippen molar-refractivity contribution in [3.05, 3.63) is 0 Å². The average Bonchev–Trinajstić information content (AvgIpc) is 2.61. The van der Waals surface area contributed by atoms with Gasteiger partial charge < -0.3 is 5.73 Å². The Kier molecular flexibility index (Phi) is 5.08. The van der Waals surface area contributed by atoms with Crippen LogP contribution >= 0.6 is 0 Å². The molecule has 1 saturated heterocycles. The van der Waals surface area contributed by atoms with E-state index in [-0.39, 0.29) is 0 Å². The van der Waals surface area contributed by atoms with Crippen LogP contribution < -0.4 is 5.73 Å². The number of likely N-dealkylation sites (tertiary alicyclic amines) is 1. The normalized spacial score (nSPS) is 28.8. The summed E-state index contributed by atoms with van der Waals surface area (Å²) in [5.41, 5.74) is 6.67. The molecule has 1 saturated carbocycles. The van der Waals surface area contributed by atoms with Crippen molar-refractivity contribution in [1.82, 2.24) is 4.90 Å². The Morgan fingerprint density at radius 3 is 2.11 bits per heavy atom. The predicted octanol–water partition coefficient (Wildman–Crippen LogP) is 3.41. The fourth-order valence-electron chi connectivity index (χ4n) is 3.80. The highest BCUT2D eigenvalue weighted by molar-refractivity contribution is 4.87. The molecular weight excluding hydrogens is 220 g/mol. The predicted molar refractivity (Wildman–Crippen MR) is 78.6 cm³/mol. The van der Waals surface area contributed by atoms with E-state index in [0.29, 0.717) is 11.5 Å². The van der Waals surface area contributed by atoms with Crippen LogP contribution in [0.4, 0.5) is 0 Å². The van der Waals surface area contributed by atoms with E-state index < -0.39 is 0 Å². The van der Waals surface area contributed by atoms with Crippen LogP contribution in [0.3, 0.4) is 0 Å². The zero-order chi connectivity index (χ0) is 13.0. The molecular formula is C16H32N2. The first-order valence-electron chi connectivity index (χ1n) is 8.06.